The zero-order valence-electron chi connectivity index (χ0n) is 10.6. The van der Waals surface area contributed by atoms with Crippen LogP contribution in [0.15, 0.2) is 0 Å². The molecule has 0 unspecified atom stereocenters. The van der Waals surface area contributed by atoms with E-state index in [4.69, 9.17) is 9.47 Å². The highest BCUT2D eigenvalue weighted by Crippen LogP contribution is 2.22. The molecule has 0 radical (unpaired) electrons. The van der Waals surface area contributed by atoms with Crippen molar-refractivity contribution in [1.29, 1.82) is 0 Å². The van der Waals surface area contributed by atoms with Crippen molar-refractivity contribution in [2.75, 3.05) is 13.2 Å². The molecule has 1 heterocycles. The van der Waals surface area contributed by atoms with Gasteiger partial charge in [0.05, 0.1) is 11.2 Å². The maximum absolute atomic E-state index is 5.34. The highest BCUT2D eigenvalue weighted by molar-refractivity contribution is 4.73. The Morgan fingerprint density at radius 2 is 1.86 bits per heavy atom. The van der Waals surface area contributed by atoms with E-state index in [9.17, 15) is 0 Å². The summed E-state index contributed by atoms with van der Waals surface area (Å²) in [6, 6.07) is 0. The number of ether oxygens (including phenoxy) is 2. The monoisotopic (exact) mass is 202 g/mol. The molecule has 14 heavy (non-hydrogen) atoms. The largest absolute Gasteiger partial charge is 0.376 e. The second kappa shape index (κ2) is 5.72. The highest BCUT2D eigenvalue weighted by Gasteiger charge is 2.22. The van der Waals surface area contributed by atoms with Gasteiger partial charge in [-0.15, -0.1) is 0 Å². The molecular weight excluding hydrogens is 176 g/mol. The van der Waals surface area contributed by atoms with Crippen LogP contribution < -0.4 is 0 Å². The van der Waals surface area contributed by atoms with Gasteiger partial charge in [0, 0.05) is 13.2 Å². The summed E-state index contributed by atoms with van der Waals surface area (Å²) in [5, 5.41) is 0. The maximum atomic E-state index is 5.34. The number of rotatable bonds is 1. The van der Waals surface area contributed by atoms with Crippen LogP contribution in [0.5, 0.6) is 0 Å². The zero-order valence-corrected chi connectivity index (χ0v) is 10.6. The molecule has 86 valence electrons. The average Bonchev–Trinajstić information content (AvgIpc) is 2.32. The van der Waals surface area contributed by atoms with Crippen LogP contribution in [-0.4, -0.2) is 24.4 Å². The van der Waals surface area contributed by atoms with Crippen molar-refractivity contribution in [3.05, 3.63) is 0 Å². The molecule has 0 aromatic heterocycles. The molecule has 2 heteroatoms. The third kappa shape index (κ3) is 8.52. The van der Waals surface area contributed by atoms with E-state index in [-0.39, 0.29) is 11.2 Å². The first-order valence-electron chi connectivity index (χ1n) is 5.55. The molecule has 1 rings (SSSR count). The van der Waals surface area contributed by atoms with Crippen LogP contribution in [0.4, 0.5) is 0 Å². The van der Waals surface area contributed by atoms with E-state index >= 15 is 0 Å². The molecule has 1 aliphatic heterocycles. The Kier molecular flexibility index (Phi) is 5.68. The van der Waals surface area contributed by atoms with Crippen LogP contribution in [0.25, 0.3) is 0 Å². The van der Waals surface area contributed by atoms with Gasteiger partial charge in [0.1, 0.15) is 0 Å². The van der Waals surface area contributed by atoms with Gasteiger partial charge in [-0.25, -0.2) is 0 Å². The van der Waals surface area contributed by atoms with E-state index < -0.39 is 0 Å². The van der Waals surface area contributed by atoms with E-state index in [1.54, 1.807) is 0 Å². The Morgan fingerprint density at radius 3 is 1.93 bits per heavy atom. The summed E-state index contributed by atoms with van der Waals surface area (Å²) in [6.07, 6.45) is 2.47. The topological polar surface area (TPSA) is 18.5 Å². The van der Waals surface area contributed by atoms with Gasteiger partial charge in [-0.2, -0.15) is 0 Å². The molecule has 1 aliphatic rings. The van der Waals surface area contributed by atoms with Gasteiger partial charge in [0.2, 0.25) is 0 Å². The van der Waals surface area contributed by atoms with Gasteiger partial charge in [-0.1, -0.05) is 0 Å². The molecule has 0 saturated carbocycles. The molecular formula is C12H26O2. The maximum Gasteiger partial charge on any atom is 0.0627 e. The van der Waals surface area contributed by atoms with Crippen molar-refractivity contribution < 1.29 is 9.47 Å². The molecule has 0 aromatic rings. The van der Waals surface area contributed by atoms with E-state index in [0.717, 1.165) is 13.2 Å². The van der Waals surface area contributed by atoms with E-state index in [0.29, 0.717) is 0 Å². The van der Waals surface area contributed by atoms with Crippen molar-refractivity contribution in [2.24, 2.45) is 0 Å². The molecule has 1 fully saturated rings. The van der Waals surface area contributed by atoms with Gasteiger partial charge in [-0.3, -0.25) is 0 Å². The first-order valence-corrected chi connectivity index (χ1v) is 5.55. The van der Waals surface area contributed by atoms with Crippen molar-refractivity contribution in [3.63, 3.8) is 0 Å². The Hall–Kier alpha value is -0.0800. The summed E-state index contributed by atoms with van der Waals surface area (Å²) in [5.41, 5.74) is 0.245. The first-order chi connectivity index (χ1) is 6.27. The lowest BCUT2D eigenvalue weighted by Gasteiger charge is -2.17. The second-order valence-corrected chi connectivity index (χ2v) is 5.26. The molecule has 1 saturated heterocycles. The Morgan fingerprint density at radius 1 is 1.29 bits per heavy atom. The molecule has 0 amide bonds. The van der Waals surface area contributed by atoms with Crippen LogP contribution >= 0.6 is 0 Å². The average molecular weight is 202 g/mol. The smallest absolute Gasteiger partial charge is 0.0627 e. The lowest BCUT2D eigenvalue weighted by atomic mass is 10.1. The predicted octanol–water partition coefficient (Wildman–Crippen LogP) is 3.40. The Labute approximate surface area is 89.0 Å². The lowest BCUT2D eigenvalue weighted by Crippen LogP contribution is -2.18. The summed E-state index contributed by atoms with van der Waals surface area (Å²) in [7, 11) is 0. The lowest BCUT2D eigenvalue weighted by molar-refractivity contribution is 0.00531. The molecule has 0 aliphatic carbocycles. The van der Waals surface area contributed by atoms with Crippen molar-refractivity contribution in [3.8, 4) is 0 Å². The third-order valence-electron chi connectivity index (χ3n) is 1.99. The van der Waals surface area contributed by atoms with E-state index in [1.165, 1.54) is 12.8 Å². The fraction of sp³-hybridized carbons (Fsp3) is 1.00. The minimum absolute atomic E-state index is 0.0503. The molecule has 0 atom stereocenters. The summed E-state index contributed by atoms with van der Waals surface area (Å²) in [5.74, 6) is 0. The standard InChI is InChI=1S/C6H12O.C6H14O/c1-6(2)4-3-5-7-6;1-5-7-6(2,3)4/h3-5H2,1-2H3;5H2,1-4H3. The Bertz CT molecular complexity index is 137. The summed E-state index contributed by atoms with van der Waals surface area (Å²) in [4.78, 5) is 0. The van der Waals surface area contributed by atoms with Gasteiger partial charge >= 0.3 is 0 Å². The van der Waals surface area contributed by atoms with Crippen LogP contribution in [0, 0.1) is 0 Å². The molecule has 0 aromatic carbocycles. The molecule has 0 bridgehead atoms. The SMILES string of the molecule is CC1(C)CCCO1.CCOC(C)(C)C. The van der Waals surface area contributed by atoms with Gasteiger partial charge in [0.15, 0.2) is 0 Å². The van der Waals surface area contributed by atoms with Crippen LogP contribution in [-0.2, 0) is 9.47 Å². The van der Waals surface area contributed by atoms with Crippen molar-refractivity contribution in [2.45, 2.75) is 65.6 Å². The number of hydrogen-bond acceptors (Lipinski definition) is 2. The first kappa shape index (κ1) is 13.9. The zero-order chi connectivity index (χ0) is 11.2. The summed E-state index contributed by atoms with van der Waals surface area (Å²) >= 11 is 0. The van der Waals surface area contributed by atoms with Gasteiger partial charge in [-0.05, 0) is 54.4 Å². The van der Waals surface area contributed by atoms with Crippen LogP contribution in [0.3, 0.4) is 0 Å². The molecule has 0 spiro atoms. The second-order valence-electron chi connectivity index (χ2n) is 5.26. The quantitative estimate of drug-likeness (QED) is 0.649. The van der Waals surface area contributed by atoms with Crippen LogP contribution in [0.1, 0.15) is 54.4 Å². The molecule has 0 N–H and O–H groups in total. The highest BCUT2D eigenvalue weighted by atomic mass is 16.5. The predicted molar refractivity (Wildman–Crippen MR) is 60.6 cm³/mol. The Balaban J connectivity index is 0.000000241. The van der Waals surface area contributed by atoms with Crippen molar-refractivity contribution >= 4 is 0 Å². The minimum atomic E-state index is 0.0503. The fourth-order valence-corrected chi connectivity index (χ4v) is 1.35. The minimum Gasteiger partial charge on any atom is -0.376 e. The normalized spacial score (nSPS) is 20.1. The van der Waals surface area contributed by atoms with E-state index in [1.807, 2.05) is 6.92 Å². The van der Waals surface area contributed by atoms with Gasteiger partial charge < -0.3 is 9.47 Å². The van der Waals surface area contributed by atoms with Gasteiger partial charge in [0.25, 0.3) is 0 Å². The van der Waals surface area contributed by atoms with Crippen molar-refractivity contribution in [1.82, 2.24) is 0 Å². The van der Waals surface area contributed by atoms with Crippen LogP contribution in [0.2, 0.25) is 0 Å². The summed E-state index contributed by atoms with van der Waals surface area (Å²) in [6.45, 7) is 14.2. The number of hydrogen-bond donors (Lipinski definition) is 0. The third-order valence-corrected chi connectivity index (χ3v) is 1.99. The van der Waals surface area contributed by atoms with E-state index in [2.05, 4.69) is 34.6 Å². The molecule has 2 nitrogen and oxygen atoms in total. The fourth-order valence-electron chi connectivity index (χ4n) is 1.35. The summed E-state index contributed by atoms with van der Waals surface area (Å²) < 4.78 is 10.6.